The Bertz CT molecular complexity index is 335. The van der Waals surface area contributed by atoms with Crippen LogP contribution >= 0.6 is 0 Å². The van der Waals surface area contributed by atoms with E-state index in [0.29, 0.717) is 13.2 Å². The number of nitrogens with two attached hydrogens (primary N) is 1. The number of ether oxygens (including phenoxy) is 1. The molecule has 2 amide bonds. The smallest absolute Gasteiger partial charge is 0.319 e. The predicted octanol–water partition coefficient (Wildman–Crippen LogP) is 2.38. The fourth-order valence-electron chi connectivity index (χ4n) is 1.48. The number of benzene rings is 1. The Labute approximate surface area is 96.0 Å². The maximum Gasteiger partial charge on any atom is 0.319 e. The highest BCUT2D eigenvalue weighted by atomic mass is 16.5. The Morgan fingerprint density at radius 1 is 1.31 bits per heavy atom. The van der Waals surface area contributed by atoms with E-state index < -0.39 is 6.03 Å². The Balaban J connectivity index is 2.81. The summed E-state index contributed by atoms with van der Waals surface area (Å²) >= 11 is 0. The van der Waals surface area contributed by atoms with Gasteiger partial charge in [0.05, 0.1) is 6.61 Å². The zero-order chi connectivity index (χ0) is 12.0. The Morgan fingerprint density at radius 3 is 2.38 bits per heavy atom. The summed E-state index contributed by atoms with van der Waals surface area (Å²) < 4.78 is 5.33. The van der Waals surface area contributed by atoms with Crippen molar-refractivity contribution in [3.05, 3.63) is 24.3 Å². The molecule has 1 rings (SSSR count). The number of amides is 2. The number of hydrogen-bond donors (Lipinski definition) is 1. The summed E-state index contributed by atoms with van der Waals surface area (Å²) in [5.41, 5.74) is 6.11. The molecule has 4 nitrogen and oxygen atoms in total. The van der Waals surface area contributed by atoms with E-state index in [2.05, 4.69) is 0 Å². The van der Waals surface area contributed by atoms with Crippen molar-refractivity contribution in [1.82, 2.24) is 0 Å². The second-order valence-corrected chi connectivity index (χ2v) is 3.42. The van der Waals surface area contributed by atoms with Crippen LogP contribution in [0.3, 0.4) is 0 Å². The summed E-state index contributed by atoms with van der Waals surface area (Å²) in [5.74, 6) is 0.798. The monoisotopic (exact) mass is 222 g/mol. The molecule has 0 fully saturated rings. The summed E-state index contributed by atoms with van der Waals surface area (Å²) in [6.45, 7) is 5.20. The van der Waals surface area contributed by atoms with Crippen molar-refractivity contribution in [3.8, 4) is 5.75 Å². The van der Waals surface area contributed by atoms with Crippen molar-refractivity contribution < 1.29 is 9.53 Å². The lowest BCUT2D eigenvalue weighted by Crippen LogP contribution is -2.36. The third kappa shape index (κ3) is 3.15. The fourth-order valence-corrected chi connectivity index (χ4v) is 1.48. The standard InChI is InChI=1S/C12H18N2O2/c1-3-9-14(12(13)15)10-5-7-11(8-6-10)16-4-2/h5-8H,3-4,9H2,1-2H3,(H2,13,15). The molecule has 0 atom stereocenters. The van der Waals surface area contributed by atoms with Crippen LogP contribution in [0.4, 0.5) is 10.5 Å². The molecule has 0 heterocycles. The van der Waals surface area contributed by atoms with Crippen molar-refractivity contribution in [2.45, 2.75) is 20.3 Å². The van der Waals surface area contributed by atoms with Crippen LogP contribution in [0, 0.1) is 0 Å². The molecule has 0 saturated heterocycles. The van der Waals surface area contributed by atoms with Crippen molar-refractivity contribution >= 4 is 11.7 Å². The summed E-state index contributed by atoms with van der Waals surface area (Å²) in [6, 6.07) is 6.93. The highest BCUT2D eigenvalue weighted by Gasteiger charge is 2.10. The zero-order valence-electron chi connectivity index (χ0n) is 9.77. The second kappa shape index (κ2) is 6.00. The highest BCUT2D eigenvalue weighted by molar-refractivity contribution is 5.90. The third-order valence-electron chi connectivity index (χ3n) is 2.17. The molecular formula is C12H18N2O2. The second-order valence-electron chi connectivity index (χ2n) is 3.42. The van der Waals surface area contributed by atoms with Crippen LogP contribution < -0.4 is 15.4 Å². The van der Waals surface area contributed by atoms with E-state index in [9.17, 15) is 4.79 Å². The maximum atomic E-state index is 11.2. The van der Waals surface area contributed by atoms with Gasteiger partial charge in [-0.2, -0.15) is 0 Å². The van der Waals surface area contributed by atoms with Crippen LogP contribution in [0.25, 0.3) is 0 Å². The molecule has 0 spiro atoms. The molecule has 0 aromatic heterocycles. The highest BCUT2D eigenvalue weighted by Crippen LogP contribution is 2.19. The number of carbonyl (C=O) groups is 1. The molecule has 0 bridgehead atoms. The number of hydrogen-bond acceptors (Lipinski definition) is 2. The number of primary amides is 1. The lowest BCUT2D eigenvalue weighted by molar-refractivity contribution is 0.254. The van der Waals surface area contributed by atoms with Gasteiger partial charge in [0, 0.05) is 12.2 Å². The van der Waals surface area contributed by atoms with E-state index in [-0.39, 0.29) is 0 Å². The first-order valence-corrected chi connectivity index (χ1v) is 5.48. The van der Waals surface area contributed by atoms with Gasteiger partial charge in [-0.1, -0.05) is 6.92 Å². The average molecular weight is 222 g/mol. The molecule has 1 aromatic rings. The van der Waals surface area contributed by atoms with E-state index in [1.54, 1.807) is 4.90 Å². The molecule has 1 aromatic carbocycles. The summed E-state index contributed by atoms with van der Waals surface area (Å²) in [6.07, 6.45) is 0.871. The van der Waals surface area contributed by atoms with Gasteiger partial charge < -0.3 is 10.5 Å². The number of carbonyl (C=O) groups excluding carboxylic acids is 1. The van der Waals surface area contributed by atoms with Crippen LogP contribution in [0.2, 0.25) is 0 Å². The molecule has 4 heteroatoms. The molecule has 0 aliphatic carbocycles. The van der Waals surface area contributed by atoms with E-state index in [1.807, 2.05) is 38.1 Å². The third-order valence-corrected chi connectivity index (χ3v) is 2.17. The summed E-state index contributed by atoms with van der Waals surface area (Å²) in [7, 11) is 0. The fraction of sp³-hybridized carbons (Fsp3) is 0.417. The quantitative estimate of drug-likeness (QED) is 0.831. The predicted molar refractivity (Wildman–Crippen MR) is 64.8 cm³/mol. The zero-order valence-corrected chi connectivity index (χ0v) is 9.77. The summed E-state index contributed by atoms with van der Waals surface area (Å²) in [5, 5.41) is 0. The largest absolute Gasteiger partial charge is 0.494 e. The number of rotatable bonds is 5. The van der Waals surface area contributed by atoms with Crippen LogP contribution in [0.1, 0.15) is 20.3 Å². The van der Waals surface area contributed by atoms with Crippen molar-refractivity contribution in [3.63, 3.8) is 0 Å². The Morgan fingerprint density at radius 2 is 1.94 bits per heavy atom. The molecule has 0 saturated carbocycles. The molecule has 0 aliphatic heterocycles. The average Bonchev–Trinajstić information content (AvgIpc) is 2.27. The van der Waals surface area contributed by atoms with Crippen LogP contribution in [-0.2, 0) is 0 Å². The molecule has 2 N–H and O–H groups in total. The number of anilines is 1. The van der Waals surface area contributed by atoms with E-state index >= 15 is 0 Å². The van der Waals surface area contributed by atoms with Crippen molar-refractivity contribution in [1.29, 1.82) is 0 Å². The van der Waals surface area contributed by atoms with E-state index in [0.717, 1.165) is 17.9 Å². The van der Waals surface area contributed by atoms with Crippen molar-refractivity contribution in [2.24, 2.45) is 5.73 Å². The normalized spacial score (nSPS) is 9.88. The lowest BCUT2D eigenvalue weighted by atomic mass is 10.2. The minimum Gasteiger partial charge on any atom is -0.494 e. The van der Waals surface area contributed by atoms with Gasteiger partial charge in [-0.25, -0.2) is 4.79 Å². The van der Waals surface area contributed by atoms with Gasteiger partial charge >= 0.3 is 6.03 Å². The molecule has 0 radical (unpaired) electrons. The molecular weight excluding hydrogens is 204 g/mol. The molecule has 16 heavy (non-hydrogen) atoms. The Hall–Kier alpha value is -1.71. The first-order valence-electron chi connectivity index (χ1n) is 5.48. The minimum absolute atomic E-state index is 0.425. The van der Waals surface area contributed by atoms with E-state index in [1.165, 1.54) is 0 Å². The van der Waals surface area contributed by atoms with Gasteiger partial charge in [-0.15, -0.1) is 0 Å². The molecule has 0 unspecified atom stereocenters. The number of nitrogens with zero attached hydrogens (tertiary/aromatic N) is 1. The number of urea groups is 1. The van der Waals surface area contributed by atoms with Crippen LogP contribution in [0.5, 0.6) is 5.75 Å². The van der Waals surface area contributed by atoms with Gasteiger partial charge in [-0.3, -0.25) is 4.90 Å². The van der Waals surface area contributed by atoms with Gasteiger partial charge in [0.25, 0.3) is 0 Å². The topological polar surface area (TPSA) is 55.6 Å². The first kappa shape index (κ1) is 12.4. The molecule has 0 aliphatic rings. The maximum absolute atomic E-state index is 11.2. The lowest BCUT2D eigenvalue weighted by Gasteiger charge is -2.19. The Kier molecular flexibility index (Phi) is 4.64. The van der Waals surface area contributed by atoms with Gasteiger partial charge in [-0.05, 0) is 37.6 Å². The van der Waals surface area contributed by atoms with Gasteiger partial charge in [0.2, 0.25) is 0 Å². The van der Waals surface area contributed by atoms with Crippen LogP contribution in [0.15, 0.2) is 24.3 Å². The van der Waals surface area contributed by atoms with Gasteiger partial charge in [0.1, 0.15) is 5.75 Å². The first-order chi connectivity index (χ1) is 7.69. The van der Waals surface area contributed by atoms with Gasteiger partial charge in [0.15, 0.2) is 0 Å². The van der Waals surface area contributed by atoms with Crippen molar-refractivity contribution in [2.75, 3.05) is 18.1 Å². The molecule has 88 valence electrons. The van der Waals surface area contributed by atoms with Crippen LogP contribution in [-0.4, -0.2) is 19.2 Å². The minimum atomic E-state index is -0.425. The van der Waals surface area contributed by atoms with E-state index in [4.69, 9.17) is 10.5 Å². The summed E-state index contributed by atoms with van der Waals surface area (Å²) in [4.78, 5) is 12.8. The SMILES string of the molecule is CCCN(C(N)=O)c1ccc(OCC)cc1.